The van der Waals surface area contributed by atoms with Gasteiger partial charge in [0.15, 0.2) is 30.1 Å². The fourth-order valence-electron chi connectivity index (χ4n) is 10.2. The Morgan fingerprint density at radius 3 is 1.13 bits per heavy atom. The van der Waals surface area contributed by atoms with Gasteiger partial charge in [0.1, 0.15) is 0 Å². The molecule has 7 aromatic carbocycles. The zero-order chi connectivity index (χ0) is 40.9. The lowest BCUT2D eigenvalue weighted by atomic mass is 9.34. The zero-order valence-corrected chi connectivity index (χ0v) is 34.1. The number of hydrogen-bond donors (Lipinski definition) is 0. The summed E-state index contributed by atoms with van der Waals surface area (Å²) in [5.74, 6) is 3.16. The van der Waals surface area contributed by atoms with Crippen molar-refractivity contribution in [1.29, 1.82) is 0 Å². The lowest BCUT2D eigenvalue weighted by molar-refractivity contribution is 0.476. The number of pyridine rings is 2. The second-order valence-electron chi connectivity index (χ2n) is 16.0. The van der Waals surface area contributed by atoms with Gasteiger partial charge < -0.3 is 23.8 Å². The Kier molecular flexibility index (Phi) is 7.63. The minimum atomic E-state index is -3.34. The highest BCUT2D eigenvalue weighted by Crippen LogP contribution is 2.51. The minimum absolute atomic E-state index is 0.246. The van der Waals surface area contributed by atoms with E-state index in [4.69, 9.17) is 19.4 Å². The molecule has 6 heterocycles. The second kappa shape index (κ2) is 13.5. The van der Waals surface area contributed by atoms with Crippen LogP contribution in [0, 0.1) is 0 Å². The third-order valence-corrected chi connectivity index (χ3v) is 16.0. The molecule has 0 radical (unpaired) electrons. The molecular formula is C52H33B2N4O3P. The largest absolute Gasteiger partial charge is 0.453 e. The average Bonchev–Trinajstić information content (AvgIpc) is 3.33. The standard InChI is InChI=1S/C52H33B2N4O3P/c59-62-48-26-11-1-14-36(48)53(50-30-28-34(32-55-50)57-40-18-3-7-22-44(40)60-45-23-8-4-19-41(45)57)38-16-13-17-39(52(38)62)54(37-15-2-12-27-49(37)62)51-31-29-35(33-56-51)58-42-20-5-9-24-46(42)61-47-25-10-6-21-43(47)58/h1-33H. The average molecular weight is 814 g/mol. The fourth-order valence-corrected chi connectivity index (χ4v) is 13.8. The summed E-state index contributed by atoms with van der Waals surface area (Å²) < 4.78 is 29.0. The molecular weight excluding hydrogens is 781 g/mol. The van der Waals surface area contributed by atoms with Gasteiger partial charge in [0.25, 0.3) is 13.4 Å². The van der Waals surface area contributed by atoms with E-state index in [1.54, 1.807) is 0 Å². The Hall–Kier alpha value is -7.60. The molecule has 290 valence electrons. The van der Waals surface area contributed by atoms with Crippen LogP contribution in [-0.2, 0) is 4.57 Å². The lowest BCUT2D eigenvalue weighted by Gasteiger charge is -2.40. The van der Waals surface area contributed by atoms with Gasteiger partial charge in [-0.25, -0.2) is 0 Å². The molecule has 0 amide bonds. The lowest BCUT2D eigenvalue weighted by Crippen LogP contribution is -2.75. The van der Waals surface area contributed by atoms with Crippen molar-refractivity contribution in [3.8, 4) is 23.0 Å². The van der Waals surface area contributed by atoms with Crippen molar-refractivity contribution < 1.29 is 14.0 Å². The number of anilines is 6. The normalized spacial score (nSPS) is 14.5. The molecule has 4 aliphatic rings. The molecule has 0 unspecified atom stereocenters. The van der Waals surface area contributed by atoms with Gasteiger partial charge in [-0.1, -0.05) is 137 Å². The van der Waals surface area contributed by atoms with E-state index in [1.807, 2.05) is 97.3 Å². The number of ether oxygens (including phenoxy) is 2. The predicted molar refractivity (Wildman–Crippen MR) is 253 cm³/mol. The summed E-state index contributed by atoms with van der Waals surface area (Å²) in [5, 5.41) is 2.63. The molecule has 0 saturated carbocycles. The van der Waals surface area contributed by atoms with Crippen molar-refractivity contribution in [3.63, 3.8) is 0 Å². The Labute approximate surface area is 359 Å². The Morgan fingerprint density at radius 1 is 0.387 bits per heavy atom. The molecule has 7 nitrogen and oxygen atoms in total. The van der Waals surface area contributed by atoms with Crippen LogP contribution >= 0.6 is 7.14 Å². The van der Waals surface area contributed by atoms with Crippen molar-refractivity contribution >= 4 is 104 Å². The van der Waals surface area contributed by atoms with E-state index < -0.39 is 7.14 Å². The van der Waals surface area contributed by atoms with Gasteiger partial charge >= 0.3 is 0 Å². The molecule has 0 bridgehead atoms. The molecule has 10 heteroatoms. The van der Waals surface area contributed by atoms with Crippen molar-refractivity contribution in [2.45, 2.75) is 0 Å². The van der Waals surface area contributed by atoms with Crippen LogP contribution < -0.4 is 68.2 Å². The van der Waals surface area contributed by atoms with Crippen LogP contribution in [0.1, 0.15) is 0 Å². The summed E-state index contributed by atoms with van der Waals surface area (Å²) >= 11 is 0. The maximum atomic E-state index is 16.4. The van der Waals surface area contributed by atoms with E-state index in [0.29, 0.717) is 0 Å². The number of rotatable bonds is 4. The Bertz CT molecular complexity index is 3040. The van der Waals surface area contributed by atoms with Crippen LogP contribution in [0.2, 0.25) is 0 Å². The number of para-hydroxylation sites is 8. The van der Waals surface area contributed by atoms with Gasteiger partial charge in [0.2, 0.25) is 0 Å². The monoisotopic (exact) mass is 814 g/mol. The molecule has 2 aromatic heterocycles. The topological polar surface area (TPSA) is 67.8 Å². The number of nitrogens with zero attached hydrogens (tertiary/aromatic N) is 4. The van der Waals surface area contributed by atoms with Crippen molar-refractivity contribution in [2.75, 3.05) is 9.80 Å². The van der Waals surface area contributed by atoms with Crippen LogP contribution in [0.4, 0.5) is 34.1 Å². The number of fused-ring (bicyclic) bond motifs is 8. The van der Waals surface area contributed by atoms with Gasteiger partial charge in [0, 0.05) is 27.1 Å². The summed E-state index contributed by atoms with van der Waals surface area (Å²) in [6, 6.07) is 63.8. The Balaban J connectivity index is 0.948. The maximum Gasteiger partial charge on any atom is 0.266 e. The van der Waals surface area contributed by atoms with E-state index in [9.17, 15) is 0 Å². The molecule has 0 N–H and O–H groups in total. The first-order chi connectivity index (χ1) is 30.6. The molecule has 0 fully saturated rings. The molecule has 13 rings (SSSR count). The fraction of sp³-hybridized carbons (Fsp3) is 0. The number of aromatic nitrogens is 2. The smallest absolute Gasteiger partial charge is 0.266 e. The quantitative estimate of drug-likeness (QED) is 0.141. The van der Waals surface area contributed by atoms with Gasteiger partial charge in [0.05, 0.1) is 46.5 Å². The summed E-state index contributed by atoms with van der Waals surface area (Å²) in [6.07, 6.45) is 3.91. The van der Waals surface area contributed by atoms with Crippen LogP contribution in [-0.4, -0.2) is 23.4 Å². The van der Waals surface area contributed by atoms with Gasteiger partial charge in [-0.05, 0) is 72.8 Å². The summed E-state index contributed by atoms with van der Waals surface area (Å²) in [5.41, 5.74) is 11.5. The van der Waals surface area contributed by atoms with Crippen molar-refractivity contribution in [3.05, 3.63) is 200 Å². The molecule has 0 aliphatic carbocycles. The Morgan fingerprint density at radius 2 is 0.742 bits per heavy atom. The highest BCUT2D eigenvalue weighted by atomic mass is 31.2. The van der Waals surface area contributed by atoms with Crippen LogP contribution in [0.25, 0.3) is 0 Å². The second-order valence-corrected chi connectivity index (χ2v) is 18.6. The van der Waals surface area contributed by atoms with Gasteiger partial charge in [-0.15, -0.1) is 0 Å². The summed E-state index contributed by atoms with van der Waals surface area (Å²) in [6.45, 7) is -0.492. The third kappa shape index (κ3) is 5.00. The van der Waals surface area contributed by atoms with E-state index >= 15 is 4.57 Å². The first-order valence-corrected chi connectivity index (χ1v) is 22.5. The molecule has 0 atom stereocenters. The maximum absolute atomic E-state index is 16.4. The number of benzene rings is 7. The molecule has 0 saturated heterocycles. The summed E-state index contributed by atoms with van der Waals surface area (Å²) in [4.78, 5) is 14.9. The summed E-state index contributed by atoms with van der Waals surface area (Å²) in [7, 11) is -3.34. The van der Waals surface area contributed by atoms with E-state index in [2.05, 4.69) is 113 Å². The van der Waals surface area contributed by atoms with Crippen LogP contribution in [0.5, 0.6) is 23.0 Å². The third-order valence-electron chi connectivity index (χ3n) is 12.7. The van der Waals surface area contributed by atoms with Crippen molar-refractivity contribution in [2.24, 2.45) is 0 Å². The molecule has 0 spiro atoms. The zero-order valence-electron chi connectivity index (χ0n) is 33.2. The van der Waals surface area contributed by atoms with Crippen LogP contribution in [0.15, 0.2) is 200 Å². The van der Waals surface area contributed by atoms with Gasteiger partial charge in [-0.3, -0.25) is 9.97 Å². The predicted octanol–water partition coefficient (Wildman–Crippen LogP) is 6.93. The van der Waals surface area contributed by atoms with E-state index in [0.717, 1.165) is 106 Å². The first-order valence-electron chi connectivity index (χ1n) is 20.8. The van der Waals surface area contributed by atoms with E-state index in [1.165, 1.54) is 0 Å². The SMILES string of the molecule is O=P12c3ccccc3B(c3ccc(N4c5ccccc5Oc5ccccc54)cn3)c3cccc(c31)B(c1ccc(N3c4ccccc4Oc4ccccc43)cn1)c1ccccc12. The molecule has 4 aliphatic heterocycles. The molecule has 9 aromatic rings. The minimum Gasteiger partial charge on any atom is -0.453 e. The number of hydrogen-bond acceptors (Lipinski definition) is 7. The van der Waals surface area contributed by atoms with Crippen molar-refractivity contribution in [1.82, 2.24) is 9.97 Å². The highest BCUT2D eigenvalue weighted by molar-refractivity contribution is 7.88. The highest BCUT2D eigenvalue weighted by Gasteiger charge is 2.51. The molecule has 62 heavy (non-hydrogen) atoms. The van der Waals surface area contributed by atoms with Crippen LogP contribution in [0.3, 0.4) is 0 Å². The van der Waals surface area contributed by atoms with E-state index in [-0.39, 0.29) is 13.4 Å². The van der Waals surface area contributed by atoms with Gasteiger partial charge in [-0.2, -0.15) is 0 Å². The first kappa shape index (κ1) is 35.2.